The van der Waals surface area contributed by atoms with Crippen LogP contribution in [-0.2, 0) is 0 Å². The molecule has 0 spiro atoms. The van der Waals surface area contributed by atoms with Gasteiger partial charge >= 0.3 is 5.97 Å². The molecule has 2 aromatic rings. The molecule has 1 aliphatic heterocycles. The number of aromatic nitrogens is 1. The first-order valence-corrected chi connectivity index (χ1v) is 8.85. The summed E-state index contributed by atoms with van der Waals surface area (Å²) in [6.07, 6.45) is 1.81. The fraction of sp³-hybridized carbons (Fsp3) is 0.400. The van der Waals surface area contributed by atoms with E-state index in [9.17, 15) is 19.8 Å². The minimum atomic E-state index is -0.977. The highest BCUT2D eigenvalue weighted by Gasteiger charge is 2.26. The van der Waals surface area contributed by atoms with E-state index in [1.165, 1.54) is 0 Å². The molecule has 1 fully saturated rings. The number of aliphatic hydroxyl groups is 1. The number of hydrogen-bond donors (Lipinski definition) is 2. The van der Waals surface area contributed by atoms with Gasteiger partial charge in [-0.1, -0.05) is 12.1 Å². The van der Waals surface area contributed by atoms with E-state index < -0.39 is 5.97 Å². The van der Waals surface area contributed by atoms with Crippen molar-refractivity contribution in [1.29, 1.82) is 0 Å². The Morgan fingerprint density at radius 3 is 2.58 bits per heavy atom. The molecule has 1 atom stereocenters. The molecule has 0 bridgehead atoms. The third-order valence-corrected chi connectivity index (χ3v) is 5.10. The van der Waals surface area contributed by atoms with E-state index in [0.29, 0.717) is 30.0 Å². The van der Waals surface area contributed by atoms with Crippen molar-refractivity contribution in [3.63, 3.8) is 0 Å². The normalized spacial score (nSPS) is 17.3. The lowest BCUT2D eigenvalue weighted by Gasteiger charge is -2.32. The lowest BCUT2D eigenvalue weighted by Crippen LogP contribution is -2.41. The maximum Gasteiger partial charge on any atom is 0.337 e. The van der Waals surface area contributed by atoms with Crippen molar-refractivity contribution in [2.45, 2.75) is 26.7 Å². The van der Waals surface area contributed by atoms with Crippen molar-refractivity contribution < 1.29 is 19.8 Å². The SMILES string of the molecule is Cc1cc(C(=O)O)c(C)n1-c1ccccc1C(=O)N1CCCC(CO)C1. The monoisotopic (exact) mass is 356 g/mol. The smallest absolute Gasteiger partial charge is 0.337 e. The number of aliphatic hydroxyl groups excluding tert-OH is 1. The molecule has 1 aliphatic rings. The molecule has 2 heterocycles. The Bertz CT molecular complexity index is 840. The van der Waals surface area contributed by atoms with E-state index >= 15 is 0 Å². The van der Waals surface area contributed by atoms with Crippen molar-refractivity contribution in [3.8, 4) is 5.69 Å². The van der Waals surface area contributed by atoms with Gasteiger partial charge in [-0.2, -0.15) is 0 Å². The number of amides is 1. The number of likely N-dealkylation sites (tertiary alicyclic amines) is 1. The second-order valence-corrected chi connectivity index (χ2v) is 6.88. The summed E-state index contributed by atoms with van der Waals surface area (Å²) in [5, 5.41) is 18.8. The zero-order valence-electron chi connectivity index (χ0n) is 15.1. The largest absolute Gasteiger partial charge is 0.478 e. The summed E-state index contributed by atoms with van der Waals surface area (Å²) in [5.74, 6) is -0.938. The number of carboxylic acid groups (broad SMARTS) is 1. The average molecular weight is 356 g/mol. The summed E-state index contributed by atoms with van der Waals surface area (Å²) in [5.41, 5.74) is 2.84. The minimum Gasteiger partial charge on any atom is -0.478 e. The van der Waals surface area contributed by atoms with Crippen LogP contribution in [0.15, 0.2) is 30.3 Å². The molecule has 26 heavy (non-hydrogen) atoms. The second kappa shape index (κ2) is 7.33. The van der Waals surface area contributed by atoms with Crippen LogP contribution in [-0.4, -0.2) is 51.3 Å². The summed E-state index contributed by atoms with van der Waals surface area (Å²) in [4.78, 5) is 26.4. The van der Waals surface area contributed by atoms with Gasteiger partial charge in [0.1, 0.15) is 0 Å². The number of hydrogen-bond acceptors (Lipinski definition) is 3. The highest BCUT2D eigenvalue weighted by molar-refractivity contribution is 5.98. The van der Waals surface area contributed by atoms with Crippen molar-refractivity contribution in [2.24, 2.45) is 5.92 Å². The van der Waals surface area contributed by atoms with Crippen LogP contribution in [0.3, 0.4) is 0 Å². The first-order chi connectivity index (χ1) is 12.4. The predicted molar refractivity (Wildman–Crippen MR) is 97.9 cm³/mol. The number of carboxylic acids is 1. The predicted octanol–water partition coefficient (Wildman–Crippen LogP) is 2.64. The molecule has 1 aromatic heterocycles. The van der Waals surface area contributed by atoms with Crippen LogP contribution in [0.1, 0.15) is 44.9 Å². The van der Waals surface area contributed by atoms with Crippen molar-refractivity contribution >= 4 is 11.9 Å². The van der Waals surface area contributed by atoms with Crippen LogP contribution in [0.25, 0.3) is 5.69 Å². The second-order valence-electron chi connectivity index (χ2n) is 6.88. The summed E-state index contributed by atoms with van der Waals surface area (Å²) in [6, 6.07) is 8.90. The van der Waals surface area contributed by atoms with Gasteiger partial charge in [0.05, 0.1) is 16.8 Å². The van der Waals surface area contributed by atoms with E-state index in [2.05, 4.69) is 0 Å². The third kappa shape index (κ3) is 3.24. The Morgan fingerprint density at radius 2 is 1.92 bits per heavy atom. The number of benzene rings is 1. The van der Waals surface area contributed by atoms with Gasteiger partial charge in [0, 0.05) is 31.1 Å². The van der Waals surface area contributed by atoms with Gasteiger partial charge in [-0.15, -0.1) is 0 Å². The zero-order chi connectivity index (χ0) is 18.8. The van der Waals surface area contributed by atoms with Crippen LogP contribution >= 0.6 is 0 Å². The van der Waals surface area contributed by atoms with E-state index in [1.807, 2.05) is 29.7 Å². The molecule has 6 nitrogen and oxygen atoms in total. The van der Waals surface area contributed by atoms with Gasteiger partial charge < -0.3 is 19.7 Å². The molecule has 1 aromatic carbocycles. The maximum atomic E-state index is 13.1. The topological polar surface area (TPSA) is 82.8 Å². The average Bonchev–Trinajstić information content (AvgIpc) is 2.95. The fourth-order valence-corrected chi connectivity index (χ4v) is 3.77. The quantitative estimate of drug-likeness (QED) is 0.882. The number of carbonyl (C=O) groups excluding carboxylic acids is 1. The van der Waals surface area contributed by atoms with Crippen LogP contribution in [0, 0.1) is 19.8 Å². The first kappa shape index (κ1) is 18.2. The number of piperidine rings is 1. The zero-order valence-corrected chi connectivity index (χ0v) is 15.1. The van der Waals surface area contributed by atoms with E-state index in [4.69, 9.17) is 0 Å². The number of nitrogens with zero attached hydrogens (tertiary/aromatic N) is 2. The molecule has 138 valence electrons. The Labute approximate surface area is 152 Å². The molecular weight excluding hydrogens is 332 g/mol. The summed E-state index contributed by atoms with van der Waals surface area (Å²) >= 11 is 0. The minimum absolute atomic E-state index is 0.0804. The Morgan fingerprint density at radius 1 is 1.19 bits per heavy atom. The maximum absolute atomic E-state index is 13.1. The molecule has 6 heteroatoms. The molecule has 0 radical (unpaired) electrons. The molecular formula is C20H24N2O4. The Balaban J connectivity index is 2.02. The fourth-order valence-electron chi connectivity index (χ4n) is 3.77. The number of aryl methyl sites for hydroxylation is 1. The Kier molecular flexibility index (Phi) is 5.13. The number of aromatic carboxylic acids is 1. The molecule has 3 rings (SSSR count). The van der Waals surface area contributed by atoms with Crippen LogP contribution in [0.2, 0.25) is 0 Å². The lowest BCUT2D eigenvalue weighted by atomic mass is 9.98. The third-order valence-electron chi connectivity index (χ3n) is 5.10. The van der Waals surface area contributed by atoms with E-state index in [-0.39, 0.29) is 24.0 Å². The highest BCUT2D eigenvalue weighted by atomic mass is 16.4. The molecule has 0 aliphatic carbocycles. The standard InChI is InChI=1S/C20H24N2O4/c1-13-10-17(20(25)26)14(2)22(13)18-8-4-3-7-16(18)19(24)21-9-5-6-15(11-21)12-23/h3-4,7-8,10,15,23H,5-6,9,11-12H2,1-2H3,(H,25,26). The summed E-state index contributed by atoms with van der Waals surface area (Å²) < 4.78 is 1.82. The molecule has 0 saturated carbocycles. The molecule has 1 saturated heterocycles. The summed E-state index contributed by atoms with van der Waals surface area (Å²) in [6.45, 7) is 4.90. The lowest BCUT2D eigenvalue weighted by molar-refractivity contribution is 0.0620. The highest BCUT2D eigenvalue weighted by Crippen LogP contribution is 2.26. The van der Waals surface area contributed by atoms with Crippen LogP contribution < -0.4 is 0 Å². The number of carbonyl (C=O) groups is 2. The van der Waals surface area contributed by atoms with Gasteiger partial charge in [0.25, 0.3) is 5.91 Å². The number of para-hydroxylation sites is 1. The van der Waals surface area contributed by atoms with E-state index in [1.54, 1.807) is 24.0 Å². The van der Waals surface area contributed by atoms with Gasteiger partial charge in [-0.25, -0.2) is 4.79 Å². The van der Waals surface area contributed by atoms with Crippen molar-refractivity contribution in [3.05, 3.63) is 52.8 Å². The van der Waals surface area contributed by atoms with Gasteiger partial charge in [0.2, 0.25) is 0 Å². The first-order valence-electron chi connectivity index (χ1n) is 8.85. The summed E-state index contributed by atoms with van der Waals surface area (Å²) in [7, 11) is 0. The van der Waals surface area contributed by atoms with Crippen LogP contribution in [0.4, 0.5) is 0 Å². The Hall–Kier alpha value is -2.60. The van der Waals surface area contributed by atoms with Crippen molar-refractivity contribution in [1.82, 2.24) is 9.47 Å². The van der Waals surface area contributed by atoms with E-state index in [0.717, 1.165) is 18.5 Å². The van der Waals surface area contributed by atoms with Crippen molar-refractivity contribution in [2.75, 3.05) is 19.7 Å². The van der Waals surface area contributed by atoms with Gasteiger partial charge in [0.15, 0.2) is 0 Å². The molecule has 1 unspecified atom stereocenters. The number of rotatable bonds is 4. The van der Waals surface area contributed by atoms with Gasteiger partial charge in [-0.3, -0.25) is 4.79 Å². The van der Waals surface area contributed by atoms with Gasteiger partial charge in [-0.05, 0) is 50.8 Å². The molecule has 1 amide bonds. The molecule has 2 N–H and O–H groups in total. The van der Waals surface area contributed by atoms with Crippen LogP contribution in [0.5, 0.6) is 0 Å².